The average Bonchev–Trinajstić information content (AvgIpc) is 2.23. The zero-order chi connectivity index (χ0) is 12.1. The molecule has 0 amide bonds. The van der Waals surface area contributed by atoms with Crippen molar-refractivity contribution in [2.45, 2.75) is 66.2 Å². The van der Waals surface area contributed by atoms with Gasteiger partial charge in [0.25, 0.3) is 0 Å². The van der Waals surface area contributed by atoms with Crippen LogP contribution in [-0.2, 0) is 0 Å². The van der Waals surface area contributed by atoms with E-state index < -0.39 is 0 Å². The van der Waals surface area contributed by atoms with E-state index >= 15 is 0 Å². The van der Waals surface area contributed by atoms with E-state index in [1.54, 1.807) is 5.56 Å². The molecule has 0 aromatic heterocycles. The second-order valence-electron chi connectivity index (χ2n) is 5.19. The summed E-state index contributed by atoms with van der Waals surface area (Å²) in [7, 11) is 0. The van der Waals surface area contributed by atoms with E-state index in [0.717, 1.165) is 0 Å². The molecule has 0 saturated carbocycles. The lowest BCUT2D eigenvalue weighted by atomic mass is 9.89. The summed E-state index contributed by atoms with van der Waals surface area (Å²) < 4.78 is 0. The first kappa shape index (κ1) is 13.3. The van der Waals surface area contributed by atoms with Crippen molar-refractivity contribution >= 4 is 0 Å². The average molecular weight is 218 g/mol. The van der Waals surface area contributed by atoms with Crippen LogP contribution in [0, 0.1) is 20.8 Å². The number of benzene rings is 1. The van der Waals surface area contributed by atoms with Gasteiger partial charge < -0.3 is 0 Å². The van der Waals surface area contributed by atoms with Crippen LogP contribution in [0.15, 0.2) is 12.1 Å². The Hall–Kier alpha value is -0.780. The van der Waals surface area contributed by atoms with Crippen molar-refractivity contribution in [1.82, 2.24) is 0 Å². The predicted molar refractivity (Wildman–Crippen MR) is 73.2 cm³/mol. The fourth-order valence-electron chi connectivity index (χ4n) is 2.37. The Morgan fingerprint density at radius 3 is 2.19 bits per heavy atom. The van der Waals surface area contributed by atoms with Crippen LogP contribution in [0.2, 0.25) is 0 Å². The SMILES string of the molecule is CCCCCC(C)c1cc(C)c(C)cc1C. The minimum absolute atomic E-state index is 0.714. The molecule has 0 heterocycles. The molecular formula is C16H26. The van der Waals surface area contributed by atoms with Crippen LogP contribution in [0.4, 0.5) is 0 Å². The maximum Gasteiger partial charge on any atom is -0.0188 e. The molecule has 90 valence electrons. The summed E-state index contributed by atoms with van der Waals surface area (Å²) in [5.41, 5.74) is 5.87. The minimum atomic E-state index is 0.714. The second kappa shape index (κ2) is 6.08. The normalized spacial score (nSPS) is 12.8. The van der Waals surface area contributed by atoms with E-state index in [1.165, 1.54) is 42.4 Å². The fraction of sp³-hybridized carbons (Fsp3) is 0.625. The number of hydrogen-bond donors (Lipinski definition) is 0. The molecule has 0 aliphatic heterocycles. The Balaban J connectivity index is 2.75. The molecule has 1 aromatic carbocycles. The van der Waals surface area contributed by atoms with Crippen LogP contribution in [0.3, 0.4) is 0 Å². The summed E-state index contributed by atoms with van der Waals surface area (Å²) in [4.78, 5) is 0. The molecule has 1 rings (SSSR count). The lowest BCUT2D eigenvalue weighted by Gasteiger charge is -2.16. The highest BCUT2D eigenvalue weighted by Gasteiger charge is 2.09. The van der Waals surface area contributed by atoms with Crippen LogP contribution in [0.5, 0.6) is 0 Å². The summed E-state index contributed by atoms with van der Waals surface area (Å²) >= 11 is 0. The first-order valence-corrected chi connectivity index (χ1v) is 6.64. The van der Waals surface area contributed by atoms with Crippen LogP contribution >= 0.6 is 0 Å². The predicted octanol–water partition coefficient (Wildman–Crippen LogP) is 5.30. The number of aryl methyl sites for hydroxylation is 3. The van der Waals surface area contributed by atoms with Crippen LogP contribution in [0.25, 0.3) is 0 Å². The van der Waals surface area contributed by atoms with Crippen molar-refractivity contribution in [3.63, 3.8) is 0 Å². The smallest absolute Gasteiger partial charge is 0.0188 e. The van der Waals surface area contributed by atoms with Gasteiger partial charge in [-0.05, 0) is 55.4 Å². The third-order valence-corrected chi connectivity index (χ3v) is 3.65. The maximum absolute atomic E-state index is 2.39. The topological polar surface area (TPSA) is 0 Å². The summed E-state index contributed by atoms with van der Waals surface area (Å²) in [5, 5.41) is 0. The quantitative estimate of drug-likeness (QED) is 0.589. The van der Waals surface area contributed by atoms with Crippen molar-refractivity contribution in [3.05, 3.63) is 34.4 Å². The van der Waals surface area contributed by atoms with Crippen molar-refractivity contribution in [2.75, 3.05) is 0 Å². The van der Waals surface area contributed by atoms with E-state index in [4.69, 9.17) is 0 Å². The number of rotatable bonds is 5. The van der Waals surface area contributed by atoms with Crippen molar-refractivity contribution in [3.8, 4) is 0 Å². The van der Waals surface area contributed by atoms with E-state index in [9.17, 15) is 0 Å². The number of unbranched alkanes of at least 4 members (excludes halogenated alkanes) is 2. The highest BCUT2D eigenvalue weighted by Crippen LogP contribution is 2.27. The zero-order valence-electron chi connectivity index (χ0n) is 11.6. The van der Waals surface area contributed by atoms with Gasteiger partial charge in [0.2, 0.25) is 0 Å². The molecule has 0 nitrogen and oxygen atoms in total. The van der Waals surface area contributed by atoms with Crippen molar-refractivity contribution in [1.29, 1.82) is 0 Å². The van der Waals surface area contributed by atoms with E-state index in [-0.39, 0.29) is 0 Å². The summed E-state index contributed by atoms with van der Waals surface area (Å²) in [5.74, 6) is 0.714. The van der Waals surface area contributed by atoms with Gasteiger partial charge in [0.1, 0.15) is 0 Å². The molecule has 0 heteroatoms. The third kappa shape index (κ3) is 3.37. The first-order valence-electron chi connectivity index (χ1n) is 6.64. The monoisotopic (exact) mass is 218 g/mol. The van der Waals surface area contributed by atoms with Crippen molar-refractivity contribution in [2.24, 2.45) is 0 Å². The zero-order valence-corrected chi connectivity index (χ0v) is 11.6. The largest absolute Gasteiger partial charge is 0.0654 e. The molecule has 1 atom stereocenters. The molecule has 1 unspecified atom stereocenters. The van der Waals surface area contributed by atoms with Gasteiger partial charge in [-0.25, -0.2) is 0 Å². The van der Waals surface area contributed by atoms with Gasteiger partial charge in [-0.3, -0.25) is 0 Å². The van der Waals surface area contributed by atoms with Gasteiger partial charge in [-0.1, -0.05) is 45.2 Å². The minimum Gasteiger partial charge on any atom is -0.0654 e. The molecule has 0 bridgehead atoms. The Morgan fingerprint density at radius 1 is 0.938 bits per heavy atom. The first-order chi connectivity index (χ1) is 7.56. The third-order valence-electron chi connectivity index (χ3n) is 3.65. The molecular weight excluding hydrogens is 192 g/mol. The van der Waals surface area contributed by atoms with E-state index in [0.29, 0.717) is 5.92 Å². The Labute approximate surface area is 101 Å². The van der Waals surface area contributed by atoms with Crippen LogP contribution in [0.1, 0.15) is 67.7 Å². The van der Waals surface area contributed by atoms with Gasteiger partial charge >= 0.3 is 0 Å². The Morgan fingerprint density at radius 2 is 1.56 bits per heavy atom. The molecule has 0 N–H and O–H groups in total. The Kier molecular flexibility index (Phi) is 5.05. The van der Waals surface area contributed by atoms with Gasteiger partial charge in [0.05, 0.1) is 0 Å². The van der Waals surface area contributed by atoms with E-state index in [1.807, 2.05) is 0 Å². The van der Waals surface area contributed by atoms with Gasteiger partial charge in [0, 0.05) is 0 Å². The molecule has 0 radical (unpaired) electrons. The van der Waals surface area contributed by atoms with Gasteiger partial charge in [-0.15, -0.1) is 0 Å². The molecule has 0 saturated heterocycles. The second-order valence-corrected chi connectivity index (χ2v) is 5.19. The fourth-order valence-corrected chi connectivity index (χ4v) is 2.37. The molecule has 0 aliphatic rings. The van der Waals surface area contributed by atoms with Gasteiger partial charge in [0.15, 0.2) is 0 Å². The highest BCUT2D eigenvalue weighted by atomic mass is 14.1. The highest BCUT2D eigenvalue weighted by molar-refractivity contribution is 5.38. The molecule has 16 heavy (non-hydrogen) atoms. The summed E-state index contributed by atoms with van der Waals surface area (Å²) in [6, 6.07) is 4.72. The Bertz CT molecular complexity index is 336. The van der Waals surface area contributed by atoms with Gasteiger partial charge in [-0.2, -0.15) is 0 Å². The molecule has 0 aliphatic carbocycles. The van der Waals surface area contributed by atoms with Crippen LogP contribution < -0.4 is 0 Å². The lowest BCUT2D eigenvalue weighted by Crippen LogP contribution is -1.99. The lowest BCUT2D eigenvalue weighted by molar-refractivity contribution is 0.596. The van der Waals surface area contributed by atoms with Crippen molar-refractivity contribution < 1.29 is 0 Å². The molecule has 1 aromatic rings. The van der Waals surface area contributed by atoms with Crippen LogP contribution in [-0.4, -0.2) is 0 Å². The molecule has 0 spiro atoms. The molecule has 0 fully saturated rings. The maximum atomic E-state index is 2.39. The summed E-state index contributed by atoms with van der Waals surface area (Å²) in [6.45, 7) is 11.3. The number of hydrogen-bond acceptors (Lipinski definition) is 0. The standard InChI is InChI=1S/C16H26/c1-6-7-8-9-12(2)16-11-14(4)13(3)10-15(16)5/h10-12H,6-9H2,1-5H3. The van der Waals surface area contributed by atoms with E-state index in [2.05, 4.69) is 46.8 Å². The summed E-state index contributed by atoms with van der Waals surface area (Å²) in [6.07, 6.45) is 5.38.